The summed E-state index contributed by atoms with van der Waals surface area (Å²) in [6.45, 7) is 0. The van der Waals surface area contributed by atoms with E-state index in [0.29, 0.717) is 6.29 Å². The predicted octanol–water partition coefficient (Wildman–Crippen LogP) is 4.30. The van der Waals surface area contributed by atoms with Gasteiger partial charge in [-0.25, -0.2) is 0 Å². The Hall–Kier alpha value is -2.01. The lowest BCUT2D eigenvalue weighted by Crippen LogP contribution is -2.06. The van der Waals surface area contributed by atoms with Crippen LogP contribution in [0.3, 0.4) is 0 Å². The van der Waals surface area contributed by atoms with Crippen LogP contribution in [0.1, 0.15) is 41.4 Å². The normalized spacial score (nSPS) is 10.2. The van der Waals surface area contributed by atoms with Gasteiger partial charge >= 0.3 is 0 Å². The van der Waals surface area contributed by atoms with Gasteiger partial charge in [0.25, 0.3) is 15.7 Å². The molecular formula is C16H7Cl3O4. The van der Waals surface area contributed by atoms with Crippen molar-refractivity contribution in [2.45, 2.75) is 0 Å². The lowest BCUT2D eigenvalue weighted by Gasteiger charge is -2.15. The molecular weight excluding hydrogens is 363 g/mol. The van der Waals surface area contributed by atoms with Crippen molar-refractivity contribution in [1.82, 2.24) is 0 Å². The molecule has 0 aliphatic heterocycles. The number of benzene rings is 2. The summed E-state index contributed by atoms with van der Waals surface area (Å²) in [5.74, 6) is 0. The number of carbonyl (C=O) groups excluding carboxylic acids is 4. The Bertz CT molecular complexity index is 811. The summed E-state index contributed by atoms with van der Waals surface area (Å²) in [6, 6.07) is 8.38. The predicted molar refractivity (Wildman–Crippen MR) is 87.8 cm³/mol. The Morgan fingerprint density at radius 2 is 1.09 bits per heavy atom. The van der Waals surface area contributed by atoms with Crippen LogP contribution in [-0.4, -0.2) is 22.0 Å². The van der Waals surface area contributed by atoms with Crippen LogP contribution >= 0.6 is 34.8 Å². The van der Waals surface area contributed by atoms with Crippen LogP contribution < -0.4 is 0 Å². The van der Waals surface area contributed by atoms with E-state index < -0.39 is 15.7 Å². The van der Waals surface area contributed by atoms with Gasteiger partial charge in [-0.05, 0) is 53.0 Å². The summed E-state index contributed by atoms with van der Waals surface area (Å²) >= 11 is 16.7. The summed E-state index contributed by atoms with van der Waals surface area (Å²) < 4.78 is 0. The largest absolute Gasteiger partial charge is 0.298 e. The molecule has 0 aliphatic carbocycles. The monoisotopic (exact) mass is 368 g/mol. The molecule has 0 bridgehead atoms. The van der Waals surface area contributed by atoms with Gasteiger partial charge in [0.15, 0.2) is 6.29 Å². The molecule has 0 heterocycles. The van der Waals surface area contributed by atoms with Gasteiger partial charge in [0.05, 0.1) is 0 Å². The molecule has 4 nitrogen and oxygen atoms in total. The standard InChI is InChI=1S/C16H7Cl3O4/c17-14(21)9-4-1-3-8(7-20)12(9)13-10(15(18)22)5-2-6-11(13)16(19)23/h1-7H. The molecule has 2 aromatic carbocycles. The second-order valence-corrected chi connectivity index (χ2v) is 5.47. The fraction of sp³-hybridized carbons (Fsp3) is 0. The molecule has 0 atom stereocenters. The zero-order chi connectivity index (χ0) is 17.1. The van der Waals surface area contributed by atoms with Gasteiger partial charge in [0.2, 0.25) is 0 Å². The molecule has 23 heavy (non-hydrogen) atoms. The molecule has 0 amide bonds. The number of carbonyl (C=O) groups is 4. The van der Waals surface area contributed by atoms with Gasteiger partial charge in [0, 0.05) is 33.4 Å². The SMILES string of the molecule is O=Cc1cccc(C(=O)Cl)c1-c1c(C(=O)Cl)cccc1C(=O)Cl. The minimum Gasteiger partial charge on any atom is -0.298 e. The summed E-state index contributed by atoms with van der Waals surface area (Å²) in [7, 11) is 0. The van der Waals surface area contributed by atoms with E-state index in [1.807, 2.05) is 0 Å². The van der Waals surface area contributed by atoms with Gasteiger partial charge in [0.1, 0.15) is 0 Å². The summed E-state index contributed by atoms with van der Waals surface area (Å²) in [4.78, 5) is 46.4. The van der Waals surface area contributed by atoms with Crippen LogP contribution in [-0.2, 0) is 0 Å². The van der Waals surface area contributed by atoms with Crippen molar-refractivity contribution >= 4 is 56.8 Å². The molecule has 0 aromatic heterocycles. The number of hydrogen-bond acceptors (Lipinski definition) is 4. The van der Waals surface area contributed by atoms with E-state index in [1.54, 1.807) is 0 Å². The highest BCUT2D eigenvalue weighted by molar-refractivity contribution is 6.71. The Balaban J connectivity index is 3.02. The van der Waals surface area contributed by atoms with Crippen molar-refractivity contribution in [2.24, 2.45) is 0 Å². The molecule has 0 saturated heterocycles. The molecule has 0 spiro atoms. The van der Waals surface area contributed by atoms with Crippen molar-refractivity contribution in [1.29, 1.82) is 0 Å². The Kier molecular flexibility index (Phi) is 5.31. The second-order valence-electron chi connectivity index (χ2n) is 4.44. The van der Waals surface area contributed by atoms with Crippen molar-refractivity contribution in [2.75, 3.05) is 0 Å². The first-order chi connectivity index (χ1) is 10.9. The molecule has 2 rings (SSSR count). The molecule has 2 aromatic rings. The Labute approximate surface area is 146 Å². The average Bonchev–Trinajstić information content (AvgIpc) is 2.52. The third-order valence-electron chi connectivity index (χ3n) is 3.17. The minimum atomic E-state index is -0.867. The Morgan fingerprint density at radius 1 is 0.696 bits per heavy atom. The van der Waals surface area contributed by atoms with Gasteiger partial charge in [-0.3, -0.25) is 19.2 Å². The first kappa shape index (κ1) is 17.3. The van der Waals surface area contributed by atoms with Gasteiger partial charge in [-0.2, -0.15) is 0 Å². The fourth-order valence-electron chi connectivity index (χ4n) is 2.26. The Morgan fingerprint density at radius 3 is 1.48 bits per heavy atom. The number of hydrogen-bond donors (Lipinski definition) is 0. The molecule has 0 N–H and O–H groups in total. The van der Waals surface area contributed by atoms with Crippen LogP contribution in [0.5, 0.6) is 0 Å². The van der Waals surface area contributed by atoms with Crippen LogP contribution in [0, 0.1) is 0 Å². The molecule has 0 radical (unpaired) electrons. The number of aldehydes is 1. The van der Waals surface area contributed by atoms with E-state index in [0.717, 1.165) is 0 Å². The van der Waals surface area contributed by atoms with Crippen molar-refractivity contribution < 1.29 is 19.2 Å². The number of halogens is 3. The maximum atomic E-state index is 11.7. The molecule has 0 unspecified atom stereocenters. The molecule has 0 saturated carbocycles. The third-order valence-corrected chi connectivity index (χ3v) is 3.78. The minimum absolute atomic E-state index is 0.000741. The molecule has 0 aliphatic rings. The highest BCUT2D eigenvalue weighted by atomic mass is 35.5. The average molecular weight is 370 g/mol. The maximum Gasteiger partial charge on any atom is 0.253 e. The van der Waals surface area contributed by atoms with Crippen molar-refractivity contribution in [3.8, 4) is 11.1 Å². The van der Waals surface area contributed by atoms with Crippen LogP contribution in [0.4, 0.5) is 0 Å². The highest BCUT2D eigenvalue weighted by Gasteiger charge is 2.24. The van der Waals surface area contributed by atoms with E-state index in [4.69, 9.17) is 34.8 Å². The van der Waals surface area contributed by atoms with Crippen LogP contribution in [0.2, 0.25) is 0 Å². The van der Waals surface area contributed by atoms with Gasteiger partial charge in [-0.15, -0.1) is 0 Å². The third kappa shape index (κ3) is 3.34. The quantitative estimate of drug-likeness (QED) is 0.582. The van der Waals surface area contributed by atoms with E-state index >= 15 is 0 Å². The lowest BCUT2D eigenvalue weighted by molar-refractivity contribution is 0.106. The van der Waals surface area contributed by atoms with Crippen molar-refractivity contribution in [3.05, 3.63) is 58.7 Å². The zero-order valence-electron chi connectivity index (χ0n) is 11.3. The highest BCUT2D eigenvalue weighted by Crippen LogP contribution is 2.35. The van der Waals surface area contributed by atoms with Gasteiger partial charge < -0.3 is 0 Å². The summed E-state index contributed by atoms with van der Waals surface area (Å²) in [5, 5.41) is -2.59. The first-order valence-corrected chi connectivity index (χ1v) is 7.33. The van der Waals surface area contributed by atoms with E-state index in [1.165, 1.54) is 36.4 Å². The van der Waals surface area contributed by atoms with Crippen LogP contribution in [0.15, 0.2) is 36.4 Å². The van der Waals surface area contributed by atoms with E-state index in [2.05, 4.69) is 0 Å². The maximum absolute atomic E-state index is 11.7. The topological polar surface area (TPSA) is 68.3 Å². The van der Waals surface area contributed by atoms with Crippen LogP contribution in [0.25, 0.3) is 11.1 Å². The summed E-state index contributed by atoms with van der Waals surface area (Å²) in [6.07, 6.45) is 0.483. The summed E-state index contributed by atoms with van der Waals surface area (Å²) in [5.41, 5.74) is -0.0598. The second kappa shape index (κ2) is 7.04. The first-order valence-electron chi connectivity index (χ1n) is 6.19. The van der Waals surface area contributed by atoms with Gasteiger partial charge in [-0.1, -0.05) is 18.2 Å². The lowest BCUT2D eigenvalue weighted by atomic mass is 9.89. The smallest absolute Gasteiger partial charge is 0.253 e. The van der Waals surface area contributed by atoms with E-state index in [-0.39, 0.29) is 33.4 Å². The fourth-order valence-corrected chi connectivity index (χ4v) is 2.73. The molecule has 116 valence electrons. The van der Waals surface area contributed by atoms with E-state index in [9.17, 15) is 19.2 Å². The van der Waals surface area contributed by atoms with Crippen molar-refractivity contribution in [3.63, 3.8) is 0 Å². The zero-order valence-corrected chi connectivity index (χ0v) is 13.6. The molecule has 7 heteroatoms. The number of rotatable bonds is 5. The molecule has 0 fully saturated rings.